The predicted octanol–water partition coefficient (Wildman–Crippen LogP) is 0.0883. The fourth-order valence-corrected chi connectivity index (χ4v) is 0.987. The van der Waals surface area contributed by atoms with Crippen LogP contribution >= 0.6 is 0 Å². The van der Waals surface area contributed by atoms with Crippen LogP contribution in [0.2, 0.25) is 0 Å². The zero-order valence-electron chi connectivity index (χ0n) is 7.13. The van der Waals surface area contributed by atoms with E-state index in [0.29, 0.717) is 0 Å². The quantitative estimate of drug-likeness (QED) is 0.500. The first-order valence-corrected chi connectivity index (χ1v) is 3.73. The summed E-state index contributed by atoms with van der Waals surface area (Å²) in [5.74, 6) is -2.28. The summed E-state index contributed by atoms with van der Waals surface area (Å²) in [6.07, 6.45) is 0.482. The van der Waals surface area contributed by atoms with Crippen LogP contribution in [0, 0.1) is 0 Å². The highest BCUT2D eigenvalue weighted by Gasteiger charge is 2.16. The third-order valence-corrected chi connectivity index (χ3v) is 1.59. The highest BCUT2D eigenvalue weighted by molar-refractivity contribution is 5.98. The lowest BCUT2D eigenvalue weighted by molar-refractivity contribution is -0.136. The topological polar surface area (TPSA) is 74.6 Å². The Kier molecular flexibility index (Phi) is 7.59. The average Bonchev–Trinajstić information content (AvgIpc) is 1.98. The van der Waals surface area contributed by atoms with Crippen LogP contribution in [0.3, 0.4) is 0 Å². The van der Waals surface area contributed by atoms with Crippen molar-refractivity contribution >= 4 is 29.3 Å². The molecule has 0 fully saturated rings. The molecule has 0 unspecified atom stereocenters. The maximum atomic E-state index is 10.5. The third-order valence-electron chi connectivity index (χ3n) is 1.59. The van der Waals surface area contributed by atoms with Gasteiger partial charge in [-0.15, -0.1) is 0 Å². The van der Waals surface area contributed by atoms with Crippen LogP contribution in [-0.2, 0) is 9.59 Å². The molecule has 0 atom stereocenters. The van der Waals surface area contributed by atoms with E-state index < -0.39 is 11.9 Å². The number of carbonyl (C=O) groups is 2. The van der Waals surface area contributed by atoms with E-state index in [1.165, 1.54) is 0 Å². The summed E-state index contributed by atoms with van der Waals surface area (Å²) in [7, 11) is 0. The number of carboxylic acids is 2. The number of carboxylic acid groups (broad SMARTS) is 2. The van der Waals surface area contributed by atoms with Crippen molar-refractivity contribution in [3.05, 3.63) is 11.1 Å². The molecule has 0 rings (SSSR count). The molecule has 0 aromatic heterocycles. The lowest BCUT2D eigenvalue weighted by atomic mass is 10.0. The third kappa shape index (κ3) is 4.11. The minimum absolute atomic E-state index is 0. The summed E-state index contributed by atoms with van der Waals surface area (Å²) in [6.45, 7) is 3.25. The van der Waals surface area contributed by atoms with Gasteiger partial charge < -0.3 is 10.2 Å². The zero-order chi connectivity index (χ0) is 9.72. The molecular formula is C8H15AlO4. The second-order valence-corrected chi connectivity index (χ2v) is 2.27. The lowest BCUT2D eigenvalue weighted by Gasteiger charge is -2.03. The molecule has 0 aliphatic carbocycles. The standard InChI is InChI=1S/C8H12O4.Al.3H/c1-3-5(7(9)10)6(4-2)8(11)12;;;;/h3-4H2,1-2H3,(H,9,10)(H,11,12);;;;/b6-5-;;;;. The molecule has 0 heterocycles. The van der Waals surface area contributed by atoms with Crippen molar-refractivity contribution in [1.29, 1.82) is 0 Å². The van der Waals surface area contributed by atoms with Crippen molar-refractivity contribution in [2.75, 3.05) is 0 Å². The maximum Gasteiger partial charge on any atom is 0.332 e. The van der Waals surface area contributed by atoms with Crippen molar-refractivity contribution in [1.82, 2.24) is 0 Å². The fraction of sp³-hybridized carbons (Fsp3) is 0.500. The summed E-state index contributed by atoms with van der Waals surface area (Å²) in [5.41, 5.74) is -0.0185. The SMILES string of the molecule is CC/C(C(=O)O)=C(\CC)C(=O)O.[AlH3]. The van der Waals surface area contributed by atoms with Crippen molar-refractivity contribution in [3.63, 3.8) is 0 Å². The van der Waals surface area contributed by atoms with Gasteiger partial charge in [0.1, 0.15) is 0 Å². The van der Waals surface area contributed by atoms with Gasteiger partial charge in [-0.25, -0.2) is 9.59 Å². The summed E-state index contributed by atoms with van der Waals surface area (Å²) in [4.78, 5) is 21.0. The number of hydrogen-bond acceptors (Lipinski definition) is 2. The molecule has 0 aromatic rings. The molecule has 0 bridgehead atoms. The van der Waals surface area contributed by atoms with E-state index in [1.54, 1.807) is 13.8 Å². The molecule has 0 aliphatic heterocycles. The summed E-state index contributed by atoms with van der Waals surface area (Å²) in [6, 6.07) is 0. The Morgan fingerprint density at radius 3 is 1.23 bits per heavy atom. The van der Waals surface area contributed by atoms with E-state index in [0.717, 1.165) is 0 Å². The molecular weight excluding hydrogens is 187 g/mol. The molecule has 0 radical (unpaired) electrons. The minimum atomic E-state index is -1.14. The molecule has 0 spiro atoms. The Bertz CT molecular complexity index is 208. The highest BCUT2D eigenvalue weighted by Crippen LogP contribution is 2.12. The van der Waals surface area contributed by atoms with Crippen LogP contribution < -0.4 is 0 Å². The number of hydrogen-bond donors (Lipinski definition) is 2. The van der Waals surface area contributed by atoms with Gasteiger partial charge in [-0.1, -0.05) is 13.8 Å². The van der Waals surface area contributed by atoms with Crippen LogP contribution in [0.25, 0.3) is 0 Å². The van der Waals surface area contributed by atoms with Crippen molar-refractivity contribution in [3.8, 4) is 0 Å². The number of rotatable bonds is 4. The first-order valence-electron chi connectivity index (χ1n) is 3.73. The van der Waals surface area contributed by atoms with E-state index in [2.05, 4.69) is 0 Å². The smallest absolute Gasteiger partial charge is 0.332 e. The van der Waals surface area contributed by atoms with Gasteiger partial charge in [0, 0.05) is 11.1 Å². The second kappa shape index (κ2) is 6.70. The molecule has 4 nitrogen and oxygen atoms in total. The van der Waals surface area contributed by atoms with Gasteiger partial charge in [0.05, 0.1) is 0 Å². The van der Waals surface area contributed by atoms with Gasteiger partial charge in [-0.2, -0.15) is 0 Å². The van der Waals surface area contributed by atoms with E-state index in [4.69, 9.17) is 10.2 Å². The van der Waals surface area contributed by atoms with Crippen molar-refractivity contribution < 1.29 is 19.8 Å². The molecule has 74 valence electrons. The van der Waals surface area contributed by atoms with E-state index in [1.807, 2.05) is 0 Å². The van der Waals surface area contributed by atoms with Crippen molar-refractivity contribution in [2.45, 2.75) is 26.7 Å². The van der Waals surface area contributed by atoms with Crippen LogP contribution in [0.15, 0.2) is 11.1 Å². The van der Waals surface area contributed by atoms with Crippen molar-refractivity contribution in [2.24, 2.45) is 0 Å². The van der Waals surface area contributed by atoms with Gasteiger partial charge in [-0.05, 0) is 12.8 Å². The number of aliphatic carboxylic acids is 2. The average molecular weight is 202 g/mol. The van der Waals surface area contributed by atoms with Gasteiger partial charge >= 0.3 is 11.9 Å². The summed E-state index contributed by atoms with van der Waals surface area (Å²) >= 11 is 0. The molecule has 2 N–H and O–H groups in total. The summed E-state index contributed by atoms with van der Waals surface area (Å²) in [5, 5.41) is 17.2. The fourth-order valence-electron chi connectivity index (χ4n) is 0.987. The Hall–Kier alpha value is -0.788. The Morgan fingerprint density at radius 2 is 1.15 bits per heavy atom. The highest BCUT2D eigenvalue weighted by atomic mass is 27.0. The van der Waals surface area contributed by atoms with Crippen LogP contribution in [0.5, 0.6) is 0 Å². The van der Waals surface area contributed by atoms with Crippen LogP contribution in [-0.4, -0.2) is 39.5 Å². The monoisotopic (exact) mass is 202 g/mol. The van der Waals surface area contributed by atoms with E-state index in [9.17, 15) is 9.59 Å². The Balaban J connectivity index is 0. The molecule has 0 saturated carbocycles. The second-order valence-electron chi connectivity index (χ2n) is 2.27. The van der Waals surface area contributed by atoms with Gasteiger partial charge in [-0.3, -0.25) is 0 Å². The molecule has 5 heteroatoms. The van der Waals surface area contributed by atoms with Gasteiger partial charge in [0.2, 0.25) is 0 Å². The Morgan fingerprint density at radius 1 is 0.923 bits per heavy atom. The zero-order valence-corrected chi connectivity index (χ0v) is 7.13. The molecule has 0 saturated heterocycles. The molecule has 0 aromatic carbocycles. The largest absolute Gasteiger partial charge is 0.478 e. The summed E-state index contributed by atoms with van der Waals surface area (Å²) < 4.78 is 0. The van der Waals surface area contributed by atoms with E-state index >= 15 is 0 Å². The normalized spacial score (nSPS) is 11.2. The van der Waals surface area contributed by atoms with Crippen LogP contribution in [0.4, 0.5) is 0 Å². The molecule has 0 amide bonds. The maximum absolute atomic E-state index is 10.5. The molecule has 0 aliphatic rings. The Labute approximate surface area is 87.4 Å². The first kappa shape index (κ1) is 14.7. The van der Waals surface area contributed by atoms with Gasteiger partial charge in [0.15, 0.2) is 17.4 Å². The minimum Gasteiger partial charge on any atom is -0.478 e. The van der Waals surface area contributed by atoms with E-state index in [-0.39, 0.29) is 41.3 Å². The predicted molar refractivity (Wildman–Crippen MR) is 52.8 cm³/mol. The lowest BCUT2D eigenvalue weighted by Crippen LogP contribution is -2.10. The molecule has 13 heavy (non-hydrogen) atoms. The van der Waals surface area contributed by atoms with Gasteiger partial charge in [0.25, 0.3) is 0 Å². The first-order chi connectivity index (χ1) is 5.54. The van der Waals surface area contributed by atoms with Crippen LogP contribution in [0.1, 0.15) is 26.7 Å².